The molecule has 1 heterocycles. The maximum atomic E-state index is 12.5. The summed E-state index contributed by atoms with van der Waals surface area (Å²) in [5, 5.41) is 0. The van der Waals surface area contributed by atoms with Gasteiger partial charge in [-0.15, -0.1) is 11.3 Å². The third kappa shape index (κ3) is 2.73. The molecule has 0 unspecified atom stereocenters. The molecular formula is C17H12O3S2. The van der Waals surface area contributed by atoms with E-state index in [2.05, 4.69) is 0 Å². The summed E-state index contributed by atoms with van der Waals surface area (Å²) in [6.07, 6.45) is 0.781. The fraction of sp³-hybridized carbons (Fsp3) is 0. The van der Waals surface area contributed by atoms with Crippen LogP contribution in [0.25, 0.3) is 10.4 Å². The van der Waals surface area contributed by atoms with Gasteiger partial charge in [-0.3, -0.25) is 4.79 Å². The van der Waals surface area contributed by atoms with Crippen LogP contribution < -0.4 is 0 Å². The fourth-order valence-corrected chi connectivity index (χ4v) is 4.80. The summed E-state index contributed by atoms with van der Waals surface area (Å²) in [6, 6.07) is 18.9. The molecule has 0 radical (unpaired) electrons. The van der Waals surface area contributed by atoms with Gasteiger partial charge >= 0.3 is 0 Å². The third-order valence-electron chi connectivity index (χ3n) is 3.23. The van der Waals surface area contributed by atoms with Crippen LogP contribution >= 0.6 is 11.3 Å². The van der Waals surface area contributed by atoms with Crippen LogP contribution in [0.1, 0.15) is 10.4 Å². The van der Waals surface area contributed by atoms with Crippen molar-refractivity contribution in [1.29, 1.82) is 0 Å². The van der Waals surface area contributed by atoms with E-state index in [9.17, 15) is 13.2 Å². The molecule has 0 spiro atoms. The topological polar surface area (TPSA) is 51.2 Å². The minimum atomic E-state index is -3.48. The van der Waals surface area contributed by atoms with Crippen molar-refractivity contribution in [2.24, 2.45) is 0 Å². The smallest absolute Gasteiger partial charge is 0.215 e. The van der Waals surface area contributed by atoms with Gasteiger partial charge in [-0.05, 0) is 29.8 Å². The molecule has 0 atom stereocenters. The predicted octanol–water partition coefficient (Wildman–Crippen LogP) is 4.06. The van der Waals surface area contributed by atoms with Crippen molar-refractivity contribution in [2.75, 3.05) is 0 Å². The monoisotopic (exact) mass is 328 g/mol. The molecule has 0 aliphatic rings. The number of benzene rings is 2. The lowest BCUT2D eigenvalue weighted by Crippen LogP contribution is -1.98. The minimum Gasteiger partial charge on any atom is -0.298 e. The zero-order valence-corrected chi connectivity index (χ0v) is 13.1. The highest BCUT2D eigenvalue weighted by molar-refractivity contribution is 7.93. The van der Waals surface area contributed by atoms with E-state index in [1.807, 2.05) is 12.1 Å². The van der Waals surface area contributed by atoms with Gasteiger partial charge in [-0.2, -0.15) is 0 Å². The molecule has 1 aromatic heterocycles. The number of hydrogen-bond acceptors (Lipinski definition) is 4. The van der Waals surface area contributed by atoms with E-state index in [4.69, 9.17) is 0 Å². The largest absolute Gasteiger partial charge is 0.298 e. The summed E-state index contributed by atoms with van der Waals surface area (Å²) >= 11 is 1.22. The van der Waals surface area contributed by atoms with Crippen molar-refractivity contribution in [3.05, 3.63) is 72.3 Å². The summed E-state index contributed by atoms with van der Waals surface area (Å²) in [4.78, 5) is 11.8. The van der Waals surface area contributed by atoms with Crippen LogP contribution in [0.2, 0.25) is 0 Å². The Balaban J connectivity index is 1.98. The molecule has 2 aromatic carbocycles. The van der Waals surface area contributed by atoms with Crippen LogP contribution in [0.3, 0.4) is 0 Å². The van der Waals surface area contributed by atoms with Crippen molar-refractivity contribution in [2.45, 2.75) is 9.10 Å². The lowest BCUT2D eigenvalue weighted by Gasteiger charge is -2.01. The van der Waals surface area contributed by atoms with Gasteiger partial charge in [-0.1, -0.05) is 42.5 Å². The molecule has 3 rings (SSSR count). The van der Waals surface area contributed by atoms with E-state index in [1.165, 1.54) is 11.3 Å². The van der Waals surface area contributed by atoms with Gasteiger partial charge in [-0.25, -0.2) is 8.42 Å². The van der Waals surface area contributed by atoms with Crippen LogP contribution in [0, 0.1) is 0 Å². The first kappa shape index (κ1) is 14.7. The van der Waals surface area contributed by atoms with Gasteiger partial charge in [0, 0.05) is 10.4 Å². The molecule has 0 N–H and O–H groups in total. The number of carbonyl (C=O) groups is 1. The molecule has 5 heteroatoms. The lowest BCUT2D eigenvalue weighted by atomic mass is 10.1. The first-order valence-corrected chi connectivity index (χ1v) is 8.87. The van der Waals surface area contributed by atoms with Crippen molar-refractivity contribution in [3.8, 4) is 10.4 Å². The van der Waals surface area contributed by atoms with Crippen LogP contribution in [-0.4, -0.2) is 14.7 Å². The molecule has 3 nitrogen and oxygen atoms in total. The van der Waals surface area contributed by atoms with E-state index >= 15 is 0 Å². The Bertz CT molecular complexity index is 893. The van der Waals surface area contributed by atoms with E-state index in [0.717, 1.165) is 16.7 Å². The fourth-order valence-electron chi connectivity index (χ4n) is 2.06. The standard InChI is InChI=1S/C17H12O3S2/c18-12-13-6-8-14(9-7-13)16-10-11-17(21-16)22(19,20)15-4-2-1-3-5-15/h1-12H. The molecule has 22 heavy (non-hydrogen) atoms. The first-order valence-electron chi connectivity index (χ1n) is 6.57. The van der Waals surface area contributed by atoms with Gasteiger partial charge in [0.15, 0.2) is 0 Å². The average molecular weight is 328 g/mol. The number of thiophene rings is 1. The van der Waals surface area contributed by atoms with Crippen LogP contribution in [0.15, 0.2) is 75.8 Å². The van der Waals surface area contributed by atoms with E-state index < -0.39 is 9.84 Å². The molecule has 0 aliphatic carbocycles. The minimum absolute atomic E-state index is 0.291. The lowest BCUT2D eigenvalue weighted by molar-refractivity contribution is 0.112. The van der Waals surface area contributed by atoms with Crippen molar-refractivity contribution in [3.63, 3.8) is 0 Å². The summed E-state index contributed by atoms with van der Waals surface area (Å²) in [5.41, 5.74) is 1.49. The van der Waals surface area contributed by atoms with Gasteiger partial charge in [0.2, 0.25) is 9.84 Å². The van der Waals surface area contributed by atoms with Crippen LogP contribution in [-0.2, 0) is 9.84 Å². The Hall–Kier alpha value is -2.24. The highest BCUT2D eigenvalue weighted by Crippen LogP contribution is 2.33. The molecule has 0 bridgehead atoms. The first-order chi connectivity index (χ1) is 10.6. The van der Waals surface area contributed by atoms with Gasteiger partial charge in [0.05, 0.1) is 4.90 Å². The van der Waals surface area contributed by atoms with Crippen molar-refractivity contribution >= 4 is 27.5 Å². The molecule has 110 valence electrons. The van der Waals surface area contributed by atoms with Gasteiger partial charge < -0.3 is 0 Å². The summed E-state index contributed by atoms with van der Waals surface area (Å²) < 4.78 is 25.4. The van der Waals surface area contributed by atoms with Crippen LogP contribution in [0.4, 0.5) is 0 Å². The predicted molar refractivity (Wildman–Crippen MR) is 87.0 cm³/mol. The molecule has 0 saturated heterocycles. The van der Waals surface area contributed by atoms with E-state index in [-0.39, 0.29) is 0 Å². The van der Waals surface area contributed by atoms with E-state index in [1.54, 1.807) is 54.6 Å². The molecule has 3 aromatic rings. The molecule has 0 amide bonds. The number of aldehydes is 1. The second-order valence-electron chi connectivity index (χ2n) is 4.68. The van der Waals surface area contributed by atoms with Crippen LogP contribution in [0.5, 0.6) is 0 Å². The quantitative estimate of drug-likeness (QED) is 0.679. The maximum absolute atomic E-state index is 12.5. The zero-order chi connectivity index (χ0) is 15.6. The van der Waals surface area contributed by atoms with Gasteiger partial charge in [0.1, 0.15) is 10.5 Å². The SMILES string of the molecule is O=Cc1ccc(-c2ccc(S(=O)(=O)c3ccccc3)s2)cc1. The highest BCUT2D eigenvalue weighted by atomic mass is 32.2. The summed E-state index contributed by atoms with van der Waals surface area (Å²) in [7, 11) is -3.48. The number of carbonyl (C=O) groups excluding carboxylic acids is 1. The Morgan fingerprint density at radius 1 is 0.818 bits per heavy atom. The molecular weight excluding hydrogens is 316 g/mol. The molecule has 0 fully saturated rings. The molecule has 0 saturated carbocycles. The zero-order valence-electron chi connectivity index (χ0n) is 11.5. The Morgan fingerprint density at radius 2 is 1.50 bits per heavy atom. The van der Waals surface area contributed by atoms with E-state index in [0.29, 0.717) is 14.7 Å². The normalized spacial score (nSPS) is 11.3. The maximum Gasteiger partial charge on any atom is 0.215 e. The number of sulfone groups is 1. The number of hydrogen-bond donors (Lipinski definition) is 0. The second kappa shape index (κ2) is 5.87. The summed E-state index contributed by atoms with van der Waals surface area (Å²) in [6.45, 7) is 0. The average Bonchev–Trinajstić information content (AvgIpc) is 3.06. The Morgan fingerprint density at radius 3 is 2.14 bits per heavy atom. The van der Waals surface area contributed by atoms with Crippen molar-refractivity contribution < 1.29 is 13.2 Å². The Labute approximate surface area is 132 Å². The third-order valence-corrected chi connectivity index (χ3v) is 6.63. The van der Waals surface area contributed by atoms with Gasteiger partial charge in [0.25, 0.3) is 0 Å². The highest BCUT2D eigenvalue weighted by Gasteiger charge is 2.19. The summed E-state index contributed by atoms with van der Waals surface area (Å²) in [5.74, 6) is 0. The second-order valence-corrected chi connectivity index (χ2v) is 7.94. The number of rotatable bonds is 4. The Kier molecular flexibility index (Phi) is 3.92. The van der Waals surface area contributed by atoms with Crippen molar-refractivity contribution in [1.82, 2.24) is 0 Å². The molecule has 0 aliphatic heterocycles.